The van der Waals surface area contributed by atoms with Gasteiger partial charge in [0.05, 0.1) is 24.7 Å². The Morgan fingerprint density at radius 3 is 3.00 bits per heavy atom. The third-order valence-electron chi connectivity index (χ3n) is 3.66. The molecule has 1 aliphatic carbocycles. The van der Waals surface area contributed by atoms with Gasteiger partial charge in [0.2, 0.25) is 0 Å². The summed E-state index contributed by atoms with van der Waals surface area (Å²) in [7, 11) is 1.38. The van der Waals surface area contributed by atoms with Gasteiger partial charge in [-0.1, -0.05) is 24.6 Å². The zero-order chi connectivity index (χ0) is 13.7. The summed E-state index contributed by atoms with van der Waals surface area (Å²) in [4.78, 5) is 11.6. The first-order chi connectivity index (χ1) is 9.26. The van der Waals surface area contributed by atoms with E-state index in [1.807, 2.05) is 18.2 Å². The zero-order valence-corrected chi connectivity index (χ0v) is 11.1. The van der Waals surface area contributed by atoms with E-state index in [9.17, 15) is 4.79 Å². The van der Waals surface area contributed by atoms with Gasteiger partial charge in [0.15, 0.2) is 0 Å². The summed E-state index contributed by atoms with van der Waals surface area (Å²) in [5.41, 5.74) is 1.50. The van der Waals surface area contributed by atoms with E-state index in [0.29, 0.717) is 12.1 Å². The summed E-state index contributed by atoms with van der Waals surface area (Å²) in [6.45, 7) is 0.591. The van der Waals surface area contributed by atoms with Gasteiger partial charge in [-0.15, -0.1) is 0 Å². The van der Waals surface area contributed by atoms with E-state index in [-0.39, 0.29) is 17.9 Å². The fourth-order valence-electron chi connectivity index (χ4n) is 2.58. The van der Waals surface area contributed by atoms with Gasteiger partial charge in [-0.05, 0) is 24.5 Å². The van der Waals surface area contributed by atoms with Crippen molar-refractivity contribution in [1.82, 2.24) is 5.32 Å². The third kappa shape index (κ3) is 3.12. The molecule has 2 unspecified atom stereocenters. The van der Waals surface area contributed by atoms with Gasteiger partial charge in [-0.2, -0.15) is 5.26 Å². The average molecular weight is 258 g/mol. The van der Waals surface area contributed by atoms with Crippen molar-refractivity contribution in [2.45, 2.75) is 31.8 Å². The number of nitriles is 1. The standard InChI is InChI=1S/C15H18N2O2/c1-19-15(18)13-7-3-2-5-12(13)10-17-14-8-4-6-11(14)9-16/h2-3,5,7,11,14,17H,4,6,8,10H2,1H3. The molecule has 19 heavy (non-hydrogen) atoms. The fraction of sp³-hybridized carbons (Fsp3) is 0.467. The fourth-order valence-corrected chi connectivity index (χ4v) is 2.58. The Morgan fingerprint density at radius 2 is 2.26 bits per heavy atom. The monoisotopic (exact) mass is 258 g/mol. The number of benzene rings is 1. The van der Waals surface area contributed by atoms with Crippen molar-refractivity contribution in [2.75, 3.05) is 7.11 Å². The molecule has 0 amide bonds. The van der Waals surface area contributed by atoms with Gasteiger partial charge in [0.25, 0.3) is 0 Å². The molecular weight excluding hydrogens is 240 g/mol. The number of hydrogen-bond acceptors (Lipinski definition) is 4. The van der Waals surface area contributed by atoms with E-state index >= 15 is 0 Å². The predicted molar refractivity (Wildman–Crippen MR) is 71.4 cm³/mol. The van der Waals surface area contributed by atoms with Crippen LogP contribution in [0, 0.1) is 17.2 Å². The molecule has 0 spiro atoms. The van der Waals surface area contributed by atoms with E-state index in [1.54, 1.807) is 6.07 Å². The number of esters is 1. The Labute approximate surface area is 113 Å². The van der Waals surface area contributed by atoms with Gasteiger partial charge in [-0.25, -0.2) is 4.79 Å². The van der Waals surface area contributed by atoms with Crippen LogP contribution in [0.25, 0.3) is 0 Å². The summed E-state index contributed by atoms with van der Waals surface area (Å²) in [5, 5.41) is 12.4. The summed E-state index contributed by atoms with van der Waals surface area (Å²) in [6, 6.07) is 9.98. The highest BCUT2D eigenvalue weighted by molar-refractivity contribution is 5.90. The normalized spacial score (nSPS) is 21.9. The Bertz CT molecular complexity index is 493. The summed E-state index contributed by atoms with van der Waals surface area (Å²) >= 11 is 0. The van der Waals surface area contributed by atoms with Crippen molar-refractivity contribution in [2.24, 2.45) is 5.92 Å². The Balaban J connectivity index is 2.04. The van der Waals surface area contributed by atoms with E-state index in [0.717, 1.165) is 24.8 Å². The lowest BCUT2D eigenvalue weighted by atomic mass is 10.0. The molecule has 4 heteroatoms. The van der Waals surface area contributed by atoms with E-state index in [1.165, 1.54) is 7.11 Å². The maximum atomic E-state index is 11.6. The van der Waals surface area contributed by atoms with Crippen LogP contribution in [0.15, 0.2) is 24.3 Å². The molecule has 100 valence electrons. The number of methoxy groups -OCH3 is 1. The lowest BCUT2D eigenvalue weighted by molar-refractivity contribution is 0.0599. The number of ether oxygens (including phenoxy) is 1. The Kier molecular flexibility index (Phi) is 4.53. The molecule has 0 heterocycles. The van der Waals surface area contributed by atoms with Crippen molar-refractivity contribution in [3.63, 3.8) is 0 Å². The maximum Gasteiger partial charge on any atom is 0.338 e. The molecule has 0 bridgehead atoms. The van der Waals surface area contributed by atoms with Crippen molar-refractivity contribution in [3.05, 3.63) is 35.4 Å². The van der Waals surface area contributed by atoms with Crippen LogP contribution in [-0.2, 0) is 11.3 Å². The average Bonchev–Trinajstić information content (AvgIpc) is 2.92. The first kappa shape index (κ1) is 13.6. The van der Waals surface area contributed by atoms with E-state index in [2.05, 4.69) is 11.4 Å². The highest BCUT2D eigenvalue weighted by Gasteiger charge is 2.26. The molecule has 4 nitrogen and oxygen atoms in total. The quantitative estimate of drug-likeness (QED) is 0.841. The molecule has 0 saturated heterocycles. The third-order valence-corrected chi connectivity index (χ3v) is 3.66. The van der Waals surface area contributed by atoms with Crippen LogP contribution in [0.1, 0.15) is 35.2 Å². The van der Waals surface area contributed by atoms with Crippen LogP contribution >= 0.6 is 0 Å². The molecule has 1 aromatic rings. The van der Waals surface area contributed by atoms with Crippen molar-refractivity contribution in [1.29, 1.82) is 5.26 Å². The molecular formula is C15H18N2O2. The molecule has 0 radical (unpaired) electrons. The SMILES string of the molecule is COC(=O)c1ccccc1CNC1CCCC1C#N. The molecule has 1 saturated carbocycles. The zero-order valence-electron chi connectivity index (χ0n) is 11.1. The van der Waals surface area contributed by atoms with Crippen LogP contribution in [0.2, 0.25) is 0 Å². The summed E-state index contributed by atoms with van der Waals surface area (Å²) < 4.78 is 4.77. The topological polar surface area (TPSA) is 62.1 Å². The van der Waals surface area contributed by atoms with Gasteiger partial charge >= 0.3 is 5.97 Å². The van der Waals surface area contributed by atoms with Crippen molar-refractivity contribution >= 4 is 5.97 Å². The first-order valence-corrected chi connectivity index (χ1v) is 6.55. The minimum Gasteiger partial charge on any atom is -0.465 e. The molecule has 1 N–H and O–H groups in total. The molecule has 1 fully saturated rings. The van der Waals surface area contributed by atoms with Crippen LogP contribution in [0.3, 0.4) is 0 Å². The number of carbonyl (C=O) groups is 1. The highest BCUT2D eigenvalue weighted by Crippen LogP contribution is 2.25. The molecule has 1 aromatic carbocycles. The molecule has 0 aliphatic heterocycles. The summed E-state index contributed by atoms with van der Waals surface area (Å²) in [5.74, 6) is -0.231. The number of nitrogens with one attached hydrogen (secondary N) is 1. The first-order valence-electron chi connectivity index (χ1n) is 6.55. The highest BCUT2D eigenvalue weighted by atomic mass is 16.5. The van der Waals surface area contributed by atoms with Gasteiger partial charge in [-0.3, -0.25) is 0 Å². The predicted octanol–water partition coefficient (Wildman–Crippen LogP) is 2.26. The van der Waals surface area contributed by atoms with Gasteiger partial charge in [0, 0.05) is 12.6 Å². The lowest BCUT2D eigenvalue weighted by Gasteiger charge is -2.16. The van der Waals surface area contributed by atoms with Crippen molar-refractivity contribution < 1.29 is 9.53 Å². The Morgan fingerprint density at radius 1 is 1.47 bits per heavy atom. The lowest BCUT2D eigenvalue weighted by Crippen LogP contribution is -2.31. The maximum absolute atomic E-state index is 11.6. The molecule has 2 rings (SSSR count). The summed E-state index contributed by atoms with van der Waals surface area (Å²) in [6.07, 6.45) is 3.08. The molecule has 2 atom stereocenters. The second-order valence-corrected chi connectivity index (χ2v) is 4.80. The van der Waals surface area contributed by atoms with Crippen molar-refractivity contribution in [3.8, 4) is 6.07 Å². The van der Waals surface area contributed by atoms with Crippen LogP contribution in [0.5, 0.6) is 0 Å². The molecule has 0 aromatic heterocycles. The Hall–Kier alpha value is -1.86. The van der Waals surface area contributed by atoms with Crippen LogP contribution in [0.4, 0.5) is 0 Å². The van der Waals surface area contributed by atoms with Crippen LogP contribution < -0.4 is 5.32 Å². The largest absolute Gasteiger partial charge is 0.465 e. The van der Waals surface area contributed by atoms with Crippen LogP contribution in [-0.4, -0.2) is 19.1 Å². The molecule has 1 aliphatic rings. The smallest absolute Gasteiger partial charge is 0.338 e. The van der Waals surface area contributed by atoms with E-state index in [4.69, 9.17) is 10.00 Å². The number of nitrogens with zero attached hydrogens (tertiary/aromatic N) is 1. The van der Waals surface area contributed by atoms with Gasteiger partial charge in [0.1, 0.15) is 0 Å². The minimum atomic E-state index is -0.319. The second-order valence-electron chi connectivity index (χ2n) is 4.80. The second kappa shape index (κ2) is 6.35. The van der Waals surface area contributed by atoms with E-state index < -0.39 is 0 Å². The minimum absolute atomic E-state index is 0.0882. The number of carbonyl (C=O) groups excluding carboxylic acids is 1. The van der Waals surface area contributed by atoms with Gasteiger partial charge < -0.3 is 10.1 Å². The number of hydrogen-bond donors (Lipinski definition) is 1. The number of rotatable bonds is 4.